The van der Waals surface area contributed by atoms with Gasteiger partial charge in [-0.1, -0.05) is 31.4 Å². The van der Waals surface area contributed by atoms with E-state index in [1.54, 1.807) is 32.2 Å². The van der Waals surface area contributed by atoms with E-state index in [9.17, 15) is 14.7 Å². The highest BCUT2D eigenvalue weighted by Crippen LogP contribution is 2.30. The summed E-state index contributed by atoms with van der Waals surface area (Å²) in [7, 11) is 1.58. The van der Waals surface area contributed by atoms with Crippen LogP contribution in [0.2, 0.25) is 0 Å². The normalized spacial score (nSPS) is 17.0. The lowest BCUT2D eigenvalue weighted by atomic mass is 9.80. The third kappa shape index (κ3) is 3.01. The van der Waals surface area contributed by atoms with Crippen molar-refractivity contribution < 1.29 is 14.7 Å². The van der Waals surface area contributed by atoms with Crippen molar-refractivity contribution in [3.63, 3.8) is 0 Å². The third-order valence-electron chi connectivity index (χ3n) is 4.20. The summed E-state index contributed by atoms with van der Waals surface area (Å²) < 4.78 is 0. The van der Waals surface area contributed by atoms with Crippen LogP contribution in [0, 0.1) is 6.92 Å². The molecule has 0 saturated heterocycles. The van der Waals surface area contributed by atoms with Gasteiger partial charge in [-0.15, -0.1) is 0 Å². The zero-order chi connectivity index (χ0) is 15.5. The van der Waals surface area contributed by atoms with Gasteiger partial charge in [0.05, 0.1) is 5.56 Å². The van der Waals surface area contributed by atoms with E-state index in [1.807, 2.05) is 0 Å². The Bertz CT molecular complexity index is 548. The molecule has 2 rings (SSSR count). The van der Waals surface area contributed by atoms with Crippen LogP contribution in [0.3, 0.4) is 0 Å². The van der Waals surface area contributed by atoms with Gasteiger partial charge in [-0.25, -0.2) is 0 Å². The Labute approximate surface area is 124 Å². The number of carbonyl (C=O) groups excluding carboxylic acids is 2. The Hall–Kier alpha value is -2.04. The molecule has 5 heteroatoms. The topological polar surface area (TPSA) is 78.4 Å². The van der Waals surface area contributed by atoms with Gasteiger partial charge >= 0.3 is 0 Å². The maximum atomic E-state index is 12.5. The molecule has 1 fully saturated rings. The summed E-state index contributed by atoms with van der Waals surface area (Å²) in [6.07, 6.45) is 4.15. The summed E-state index contributed by atoms with van der Waals surface area (Å²) in [5.74, 6) is -0.595. The van der Waals surface area contributed by atoms with Crippen molar-refractivity contribution in [2.45, 2.75) is 44.6 Å². The van der Waals surface area contributed by atoms with Crippen LogP contribution < -0.4 is 10.6 Å². The molecule has 21 heavy (non-hydrogen) atoms. The first-order valence-electron chi connectivity index (χ1n) is 7.33. The quantitative estimate of drug-likeness (QED) is 0.795. The first-order chi connectivity index (χ1) is 10.00. The highest BCUT2D eigenvalue weighted by Gasteiger charge is 2.40. The molecule has 5 nitrogen and oxygen atoms in total. The highest BCUT2D eigenvalue weighted by atomic mass is 16.3. The van der Waals surface area contributed by atoms with E-state index < -0.39 is 11.4 Å². The van der Waals surface area contributed by atoms with Crippen molar-refractivity contribution in [1.29, 1.82) is 0 Å². The van der Waals surface area contributed by atoms with Gasteiger partial charge in [0.15, 0.2) is 0 Å². The summed E-state index contributed by atoms with van der Waals surface area (Å²) >= 11 is 0. The van der Waals surface area contributed by atoms with Gasteiger partial charge in [0, 0.05) is 7.05 Å². The SMILES string of the molecule is CNC(=O)C1(NC(=O)c2cccc(C)c2O)CCCCC1. The van der Waals surface area contributed by atoms with E-state index in [-0.39, 0.29) is 17.2 Å². The maximum Gasteiger partial charge on any atom is 0.255 e. The molecule has 1 aromatic carbocycles. The van der Waals surface area contributed by atoms with Crippen LogP contribution in [0.1, 0.15) is 48.0 Å². The number of benzene rings is 1. The number of hydrogen-bond acceptors (Lipinski definition) is 3. The number of likely N-dealkylation sites (N-methyl/N-ethyl adjacent to an activating group) is 1. The standard InChI is InChI=1S/C16H22N2O3/c1-11-7-6-8-12(13(11)19)14(20)18-16(15(21)17-2)9-4-3-5-10-16/h6-8,19H,3-5,9-10H2,1-2H3,(H,17,21)(H,18,20). The van der Waals surface area contributed by atoms with Gasteiger partial charge < -0.3 is 15.7 Å². The molecule has 2 amide bonds. The lowest BCUT2D eigenvalue weighted by Crippen LogP contribution is -2.59. The van der Waals surface area contributed by atoms with Crippen LogP contribution in [0.4, 0.5) is 0 Å². The lowest BCUT2D eigenvalue weighted by molar-refractivity contribution is -0.128. The molecule has 0 radical (unpaired) electrons. The minimum absolute atomic E-state index is 0.0298. The second kappa shape index (κ2) is 6.16. The van der Waals surface area contributed by atoms with Gasteiger partial charge in [-0.3, -0.25) is 9.59 Å². The highest BCUT2D eigenvalue weighted by molar-refractivity contribution is 6.01. The first-order valence-corrected chi connectivity index (χ1v) is 7.33. The van der Waals surface area contributed by atoms with E-state index >= 15 is 0 Å². The van der Waals surface area contributed by atoms with Gasteiger partial charge in [0.25, 0.3) is 5.91 Å². The van der Waals surface area contributed by atoms with E-state index in [4.69, 9.17) is 0 Å². The van der Waals surface area contributed by atoms with E-state index in [1.165, 1.54) is 0 Å². The van der Waals surface area contributed by atoms with Gasteiger partial charge in [-0.05, 0) is 31.4 Å². The minimum Gasteiger partial charge on any atom is -0.507 e. The van der Waals surface area contributed by atoms with Gasteiger partial charge in [0.1, 0.15) is 11.3 Å². The number of para-hydroxylation sites is 1. The van der Waals surface area contributed by atoms with Gasteiger partial charge in [0.2, 0.25) is 5.91 Å². The summed E-state index contributed by atoms with van der Waals surface area (Å²) in [4.78, 5) is 24.7. The molecule has 1 aliphatic carbocycles. The Morgan fingerprint density at radius 3 is 2.48 bits per heavy atom. The molecule has 114 valence electrons. The maximum absolute atomic E-state index is 12.5. The predicted molar refractivity (Wildman–Crippen MR) is 80.2 cm³/mol. The van der Waals surface area contributed by atoms with Crippen molar-refractivity contribution in [3.8, 4) is 5.75 Å². The average molecular weight is 290 g/mol. The molecular formula is C16H22N2O3. The number of nitrogens with one attached hydrogen (secondary N) is 2. The van der Waals surface area contributed by atoms with Crippen LogP contribution in [0.15, 0.2) is 18.2 Å². The number of aryl methyl sites for hydroxylation is 1. The molecule has 1 aliphatic rings. The molecule has 0 aliphatic heterocycles. The third-order valence-corrected chi connectivity index (χ3v) is 4.20. The van der Waals surface area contributed by atoms with E-state index in [0.717, 1.165) is 19.3 Å². The number of phenols is 1. The number of amides is 2. The number of carbonyl (C=O) groups is 2. The zero-order valence-corrected chi connectivity index (χ0v) is 12.5. The largest absolute Gasteiger partial charge is 0.507 e. The molecule has 3 N–H and O–H groups in total. The zero-order valence-electron chi connectivity index (χ0n) is 12.5. The van der Waals surface area contributed by atoms with Crippen molar-refractivity contribution in [1.82, 2.24) is 10.6 Å². The fourth-order valence-corrected chi connectivity index (χ4v) is 2.93. The van der Waals surface area contributed by atoms with Crippen LogP contribution in [0.25, 0.3) is 0 Å². The van der Waals surface area contributed by atoms with Crippen molar-refractivity contribution in [2.24, 2.45) is 0 Å². The Morgan fingerprint density at radius 2 is 1.86 bits per heavy atom. The molecule has 0 aromatic heterocycles. The Balaban J connectivity index is 2.26. The second-order valence-corrected chi connectivity index (χ2v) is 5.65. The van der Waals surface area contributed by atoms with Crippen LogP contribution in [-0.4, -0.2) is 29.5 Å². The molecule has 0 bridgehead atoms. The van der Waals surface area contributed by atoms with Crippen molar-refractivity contribution in [3.05, 3.63) is 29.3 Å². The lowest BCUT2D eigenvalue weighted by Gasteiger charge is -2.36. The number of hydrogen-bond donors (Lipinski definition) is 3. The average Bonchev–Trinajstić information content (AvgIpc) is 2.50. The second-order valence-electron chi connectivity index (χ2n) is 5.65. The fourth-order valence-electron chi connectivity index (χ4n) is 2.93. The molecule has 0 spiro atoms. The van der Waals surface area contributed by atoms with E-state index in [0.29, 0.717) is 18.4 Å². The first kappa shape index (κ1) is 15.4. The minimum atomic E-state index is -0.861. The van der Waals surface area contributed by atoms with Crippen molar-refractivity contribution in [2.75, 3.05) is 7.05 Å². The number of phenolic OH excluding ortho intramolecular Hbond substituents is 1. The fraction of sp³-hybridized carbons (Fsp3) is 0.500. The summed E-state index contributed by atoms with van der Waals surface area (Å²) in [6, 6.07) is 5.02. The van der Waals surface area contributed by atoms with Gasteiger partial charge in [-0.2, -0.15) is 0 Å². The summed E-state index contributed by atoms with van der Waals surface area (Å²) in [5, 5.41) is 15.5. The molecule has 1 saturated carbocycles. The smallest absolute Gasteiger partial charge is 0.255 e. The molecule has 1 aromatic rings. The monoisotopic (exact) mass is 290 g/mol. The summed E-state index contributed by atoms with van der Waals surface area (Å²) in [5.41, 5.74) is -0.00979. The molecule has 0 heterocycles. The number of aromatic hydroxyl groups is 1. The molecular weight excluding hydrogens is 268 g/mol. The van der Waals surface area contributed by atoms with Crippen LogP contribution in [-0.2, 0) is 4.79 Å². The van der Waals surface area contributed by atoms with Crippen LogP contribution in [0.5, 0.6) is 5.75 Å². The summed E-state index contributed by atoms with van der Waals surface area (Å²) in [6.45, 7) is 1.74. The van der Waals surface area contributed by atoms with E-state index in [2.05, 4.69) is 10.6 Å². The predicted octanol–water partition coefficient (Wildman–Crippen LogP) is 1.88. The van der Waals surface area contributed by atoms with Crippen LogP contribution >= 0.6 is 0 Å². The molecule has 0 atom stereocenters. The Kier molecular flexibility index (Phi) is 4.50. The van der Waals surface area contributed by atoms with Crippen molar-refractivity contribution >= 4 is 11.8 Å². The molecule has 0 unspecified atom stereocenters. The number of rotatable bonds is 3. The Morgan fingerprint density at radius 1 is 1.19 bits per heavy atom.